The van der Waals surface area contributed by atoms with Crippen molar-refractivity contribution in [1.82, 2.24) is 9.29 Å². The minimum atomic E-state index is -3.70. The van der Waals surface area contributed by atoms with Crippen molar-refractivity contribution < 1.29 is 17.9 Å². The van der Waals surface area contributed by atoms with E-state index < -0.39 is 16.0 Å². The molecule has 1 aromatic rings. The lowest BCUT2D eigenvalue weighted by molar-refractivity contribution is 0.0590. The maximum atomic E-state index is 12.4. The van der Waals surface area contributed by atoms with Gasteiger partial charge in [0.15, 0.2) is 9.90 Å². The van der Waals surface area contributed by atoms with Crippen LogP contribution in [0.25, 0.3) is 0 Å². The van der Waals surface area contributed by atoms with E-state index in [1.807, 2.05) is 0 Å². The van der Waals surface area contributed by atoms with Crippen LogP contribution in [0, 0.1) is 0 Å². The van der Waals surface area contributed by atoms with Gasteiger partial charge in [-0.05, 0) is 13.8 Å². The lowest BCUT2D eigenvalue weighted by Gasteiger charge is -2.23. The molecule has 1 heterocycles. The Hall–Kier alpha value is -0.990. The van der Waals surface area contributed by atoms with Gasteiger partial charge >= 0.3 is 5.97 Å². The number of aromatic nitrogens is 1. The van der Waals surface area contributed by atoms with Gasteiger partial charge in [-0.15, -0.1) is 11.3 Å². The highest BCUT2D eigenvalue weighted by Crippen LogP contribution is 2.25. The smallest absolute Gasteiger partial charge is 0.358 e. The molecule has 0 fully saturated rings. The maximum absolute atomic E-state index is 12.4. The number of esters is 1. The van der Waals surface area contributed by atoms with Crippen molar-refractivity contribution in [2.75, 3.05) is 13.7 Å². The summed E-state index contributed by atoms with van der Waals surface area (Å²) in [5, 5.41) is 0. The number of ether oxygens (including phenoxy) is 1. The SMILES string of the molecule is CCN(C(C)C)S(=O)(=O)c1scnc1C(=O)OC. The highest BCUT2D eigenvalue weighted by molar-refractivity contribution is 7.91. The Morgan fingerprint density at radius 1 is 1.56 bits per heavy atom. The molecule has 6 nitrogen and oxygen atoms in total. The Labute approximate surface area is 111 Å². The van der Waals surface area contributed by atoms with Crippen LogP contribution in [0.15, 0.2) is 9.72 Å². The molecular weight excluding hydrogens is 276 g/mol. The molecule has 1 rings (SSSR count). The first-order valence-electron chi connectivity index (χ1n) is 5.39. The Morgan fingerprint density at radius 3 is 2.61 bits per heavy atom. The van der Waals surface area contributed by atoms with Crippen molar-refractivity contribution >= 4 is 27.3 Å². The molecule has 0 aromatic carbocycles. The van der Waals surface area contributed by atoms with Crippen LogP contribution in [-0.2, 0) is 14.8 Å². The van der Waals surface area contributed by atoms with Crippen molar-refractivity contribution in [1.29, 1.82) is 0 Å². The average Bonchev–Trinajstić information content (AvgIpc) is 2.77. The van der Waals surface area contributed by atoms with Gasteiger partial charge in [-0.25, -0.2) is 18.2 Å². The number of methoxy groups -OCH3 is 1. The lowest BCUT2D eigenvalue weighted by Crippen LogP contribution is -2.37. The van der Waals surface area contributed by atoms with E-state index in [2.05, 4.69) is 9.72 Å². The van der Waals surface area contributed by atoms with Crippen LogP contribution < -0.4 is 0 Å². The number of thiazole rings is 1. The van der Waals surface area contributed by atoms with Crippen molar-refractivity contribution in [2.24, 2.45) is 0 Å². The minimum Gasteiger partial charge on any atom is -0.464 e. The molecule has 102 valence electrons. The third-order valence-corrected chi connectivity index (χ3v) is 5.84. The first-order chi connectivity index (χ1) is 8.36. The largest absolute Gasteiger partial charge is 0.464 e. The summed E-state index contributed by atoms with van der Waals surface area (Å²) < 4.78 is 30.6. The molecule has 1 aromatic heterocycles. The molecule has 8 heteroatoms. The van der Waals surface area contributed by atoms with E-state index >= 15 is 0 Å². The normalized spacial score (nSPS) is 12.1. The van der Waals surface area contributed by atoms with E-state index in [9.17, 15) is 13.2 Å². The fourth-order valence-corrected chi connectivity index (χ4v) is 4.46. The first kappa shape index (κ1) is 15.1. The van der Waals surface area contributed by atoms with Gasteiger partial charge in [0.25, 0.3) is 10.0 Å². The Bertz CT molecular complexity index is 522. The quantitative estimate of drug-likeness (QED) is 0.766. The summed E-state index contributed by atoms with van der Waals surface area (Å²) in [6.07, 6.45) is 0. The fraction of sp³-hybridized carbons (Fsp3) is 0.600. The zero-order valence-electron chi connectivity index (χ0n) is 10.7. The van der Waals surface area contributed by atoms with Gasteiger partial charge in [0.05, 0.1) is 12.6 Å². The number of nitrogens with zero attached hydrogens (tertiary/aromatic N) is 2. The zero-order chi connectivity index (χ0) is 13.9. The Morgan fingerprint density at radius 2 is 2.17 bits per heavy atom. The van der Waals surface area contributed by atoms with Crippen LogP contribution in [0.5, 0.6) is 0 Å². The third-order valence-electron chi connectivity index (χ3n) is 2.34. The summed E-state index contributed by atoms with van der Waals surface area (Å²) in [5.74, 6) is -0.741. The molecule has 18 heavy (non-hydrogen) atoms. The molecule has 0 aliphatic heterocycles. The van der Waals surface area contributed by atoms with Crippen molar-refractivity contribution in [3.63, 3.8) is 0 Å². The van der Waals surface area contributed by atoms with Gasteiger partial charge in [0.2, 0.25) is 0 Å². The Balaban J connectivity index is 3.29. The predicted octanol–water partition coefficient (Wildman–Crippen LogP) is 1.35. The first-order valence-corrected chi connectivity index (χ1v) is 7.71. The highest BCUT2D eigenvalue weighted by atomic mass is 32.2. The molecule has 0 unspecified atom stereocenters. The second-order valence-corrected chi connectivity index (χ2v) is 6.72. The monoisotopic (exact) mass is 292 g/mol. The number of rotatable bonds is 5. The number of hydrogen-bond acceptors (Lipinski definition) is 6. The second-order valence-electron chi connectivity index (χ2n) is 3.78. The predicted molar refractivity (Wildman–Crippen MR) is 68.2 cm³/mol. The summed E-state index contributed by atoms with van der Waals surface area (Å²) in [6, 6.07) is -0.187. The summed E-state index contributed by atoms with van der Waals surface area (Å²) in [4.78, 5) is 15.2. The average molecular weight is 292 g/mol. The van der Waals surface area contributed by atoms with Gasteiger partial charge in [-0.1, -0.05) is 6.92 Å². The Kier molecular flexibility index (Phi) is 4.83. The zero-order valence-corrected chi connectivity index (χ0v) is 12.3. The van der Waals surface area contributed by atoms with E-state index in [-0.39, 0.29) is 15.9 Å². The lowest BCUT2D eigenvalue weighted by atomic mass is 10.4. The molecule has 0 aliphatic rings. The topological polar surface area (TPSA) is 76.6 Å². The maximum Gasteiger partial charge on any atom is 0.358 e. The summed E-state index contributed by atoms with van der Waals surface area (Å²) >= 11 is 0.920. The summed E-state index contributed by atoms with van der Waals surface area (Å²) in [7, 11) is -2.51. The summed E-state index contributed by atoms with van der Waals surface area (Å²) in [6.45, 7) is 5.63. The highest BCUT2D eigenvalue weighted by Gasteiger charge is 2.32. The number of hydrogen-bond donors (Lipinski definition) is 0. The second kappa shape index (κ2) is 5.77. The molecule has 0 spiro atoms. The van der Waals surface area contributed by atoms with Crippen LogP contribution in [-0.4, -0.2) is 43.4 Å². The van der Waals surface area contributed by atoms with Crippen LogP contribution in [0.3, 0.4) is 0 Å². The van der Waals surface area contributed by atoms with Gasteiger partial charge in [-0.3, -0.25) is 0 Å². The third kappa shape index (κ3) is 2.70. The van der Waals surface area contributed by atoms with Crippen molar-refractivity contribution in [2.45, 2.75) is 31.0 Å². The molecule has 0 saturated carbocycles. The van der Waals surface area contributed by atoms with E-state index in [1.54, 1.807) is 20.8 Å². The van der Waals surface area contributed by atoms with Crippen LogP contribution in [0.1, 0.15) is 31.3 Å². The molecule has 0 bridgehead atoms. The van der Waals surface area contributed by atoms with E-state index in [1.165, 1.54) is 16.9 Å². The minimum absolute atomic E-state index is 0.0649. The standard InChI is InChI=1S/C10H16N2O4S2/c1-5-12(7(2)3)18(14,15)10-8(9(13)16-4)11-6-17-10/h6-7H,5H2,1-4H3. The number of carbonyl (C=O) groups excluding carboxylic acids is 1. The fourth-order valence-electron chi connectivity index (χ4n) is 1.57. The molecule has 0 atom stereocenters. The number of sulfonamides is 1. The van der Waals surface area contributed by atoms with Crippen molar-refractivity contribution in [3.8, 4) is 0 Å². The van der Waals surface area contributed by atoms with E-state index in [4.69, 9.17) is 0 Å². The molecule has 0 saturated heterocycles. The van der Waals surface area contributed by atoms with Crippen molar-refractivity contribution in [3.05, 3.63) is 11.2 Å². The van der Waals surface area contributed by atoms with Gasteiger partial charge < -0.3 is 4.74 Å². The van der Waals surface area contributed by atoms with E-state index in [0.717, 1.165) is 11.3 Å². The molecule has 0 amide bonds. The summed E-state index contributed by atoms with van der Waals surface area (Å²) in [5.41, 5.74) is 1.18. The molecular formula is C10H16N2O4S2. The van der Waals surface area contributed by atoms with Crippen LogP contribution in [0.4, 0.5) is 0 Å². The van der Waals surface area contributed by atoms with Gasteiger partial charge in [0.1, 0.15) is 0 Å². The molecule has 0 aliphatic carbocycles. The van der Waals surface area contributed by atoms with Crippen LogP contribution in [0.2, 0.25) is 0 Å². The molecule has 0 N–H and O–H groups in total. The van der Waals surface area contributed by atoms with E-state index in [0.29, 0.717) is 6.54 Å². The van der Waals surface area contributed by atoms with Gasteiger partial charge in [0, 0.05) is 12.6 Å². The number of carbonyl (C=O) groups is 1. The van der Waals surface area contributed by atoms with Crippen LogP contribution >= 0.6 is 11.3 Å². The van der Waals surface area contributed by atoms with Gasteiger partial charge in [-0.2, -0.15) is 4.31 Å². The molecule has 0 radical (unpaired) electrons.